The fraction of sp³-hybridized carbons (Fsp3) is 0.353. The third-order valence-electron chi connectivity index (χ3n) is 3.16. The Hall–Kier alpha value is -2.63. The summed E-state index contributed by atoms with van der Waals surface area (Å²) < 4.78 is 10.7. The van der Waals surface area contributed by atoms with Crippen molar-refractivity contribution in [2.45, 2.75) is 27.7 Å². The predicted molar refractivity (Wildman–Crippen MR) is 88.2 cm³/mol. The summed E-state index contributed by atoms with van der Waals surface area (Å²) in [5, 5.41) is 2.80. The van der Waals surface area contributed by atoms with E-state index in [1.807, 2.05) is 39.8 Å². The lowest BCUT2D eigenvalue weighted by atomic mass is 10.1. The number of carbonyl (C=O) groups excluding carboxylic acids is 1. The van der Waals surface area contributed by atoms with Gasteiger partial charge in [-0.25, -0.2) is 4.98 Å². The monoisotopic (exact) mass is 315 g/mol. The van der Waals surface area contributed by atoms with Gasteiger partial charge in [0.1, 0.15) is 5.69 Å². The number of nitrogens with one attached hydrogen (secondary N) is 1. The van der Waals surface area contributed by atoms with Crippen LogP contribution in [0.25, 0.3) is 0 Å². The highest BCUT2D eigenvalue weighted by Gasteiger charge is 2.15. The Morgan fingerprint density at radius 3 is 2.57 bits per heavy atom. The second-order valence-corrected chi connectivity index (χ2v) is 5.01. The maximum absolute atomic E-state index is 12.5. The summed E-state index contributed by atoms with van der Waals surface area (Å²) in [6.45, 7) is 8.47. The second kappa shape index (κ2) is 7.58. The standard InChI is InChI=1S/C17H21N3O3/c1-5-22-16-14(10-18-17(20-16)23-6-2)19-15(21)13-8-7-11(3)9-12(13)4/h7-10H,5-6H2,1-4H3,(H,19,21). The second-order valence-electron chi connectivity index (χ2n) is 5.01. The first-order chi connectivity index (χ1) is 11.0. The molecule has 23 heavy (non-hydrogen) atoms. The van der Waals surface area contributed by atoms with E-state index in [1.165, 1.54) is 6.20 Å². The summed E-state index contributed by atoms with van der Waals surface area (Å²) in [6.07, 6.45) is 1.49. The van der Waals surface area contributed by atoms with E-state index in [1.54, 1.807) is 6.07 Å². The Balaban J connectivity index is 2.25. The average molecular weight is 315 g/mol. The van der Waals surface area contributed by atoms with Crippen molar-refractivity contribution in [3.8, 4) is 11.9 Å². The van der Waals surface area contributed by atoms with E-state index in [0.717, 1.165) is 11.1 Å². The summed E-state index contributed by atoms with van der Waals surface area (Å²) >= 11 is 0. The number of aromatic nitrogens is 2. The number of hydrogen-bond acceptors (Lipinski definition) is 5. The smallest absolute Gasteiger partial charge is 0.319 e. The SMILES string of the molecule is CCOc1ncc(NC(=O)c2ccc(C)cc2C)c(OCC)n1. The molecule has 2 rings (SSSR count). The van der Waals surface area contributed by atoms with Crippen molar-refractivity contribution in [2.24, 2.45) is 0 Å². The van der Waals surface area contributed by atoms with E-state index in [0.29, 0.717) is 30.3 Å². The summed E-state index contributed by atoms with van der Waals surface area (Å²) in [5.74, 6) is 0.0697. The molecule has 0 saturated carbocycles. The fourth-order valence-corrected chi connectivity index (χ4v) is 2.14. The van der Waals surface area contributed by atoms with Gasteiger partial charge in [0, 0.05) is 5.56 Å². The van der Waals surface area contributed by atoms with Crippen LogP contribution < -0.4 is 14.8 Å². The van der Waals surface area contributed by atoms with Crippen LogP contribution in [0.3, 0.4) is 0 Å². The highest BCUT2D eigenvalue weighted by Crippen LogP contribution is 2.24. The summed E-state index contributed by atoms with van der Waals surface area (Å²) in [4.78, 5) is 20.7. The zero-order valence-corrected chi connectivity index (χ0v) is 13.8. The van der Waals surface area contributed by atoms with Crippen molar-refractivity contribution < 1.29 is 14.3 Å². The molecule has 0 radical (unpaired) electrons. The number of aryl methyl sites for hydroxylation is 2. The molecular formula is C17H21N3O3. The maximum Gasteiger partial charge on any atom is 0.319 e. The quantitative estimate of drug-likeness (QED) is 0.886. The Labute approximate surface area is 135 Å². The lowest BCUT2D eigenvalue weighted by Crippen LogP contribution is -2.15. The molecule has 0 aliphatic heterocycles. The first-order valence-electron chi connectivity index (χ1n) is 7.56. The highest BCUT2D eigenvalue weighted by atomic mass is 16.5. The van der Waals surface area contributed by atoms with Crippen molar-refractivity contribution in [1.82, 2.24) is 9.97 Å². The van der Waals surface area contributed by atoms with E-state index in [2.05, 4.69) is 15.3 Å². The number of hydrogen-bond donors (Lipinski definition) is 1. The van der Waals surface area contributed by atoms with Gasteiger partial charge in [0.15, 0.2) is 0 Å². The molecule has 1 aromatic heterocycles. The van der Waals surface area contributed by atoms with Gasteiger partial charge >= 0.3 is 6.01 Å². The van der Waals surface area contributed by atoms with Crippen LogP contribution >= 0.6 is 0 Å². The van der Waals surface area contributed by atoms with Crippen LogP contribution in [0.15, 0.2) is 24.4 Å². The third-order valence-corrected chi connectivity index (χ3v) is 3.16. The molecule has 0 aliphatic carbocycles. The molecule has 1 N–H and O–H groups in total. The number of carbonyl (C=O) groups is 1. The molecule has 6 heteroatoms. The maximum atomic E-state index is 12.5. The Bertz CT molecular complexity index is 701. The van der Waals surface area contributed by atoms with Crippen LogP contribution in [0.2, 0.25) is 0 Å². The van der Waals surface area contributed by atoms with Crippen LogP contribution in [0.5, 0.6) is 11.9 Å². The largest absolute Gasteiger partial charge is 0.476 e. The van der Waals surface area contributed by atoms with Crippen LogP contribution in [-0.2, 0) is 0 Å². The minimum Gasteiger partial charge on any atom is -0.476 e. The molecule has 2 aromatic rings. The lowest BCUT2D eigenvalue weighted by Gasteiger charge is -2.12. The Morgan fingerprint density at radius 1 is 1.17 bits per heavy atom. The predicted octanol–water partition coefficient (Wildman–Crippen LogP) is 3.14. The van der Waals surface area contributed by atoms with E-state index in [4.69, 9.17) is 9.47 Å². The van der Waals surface area contributed by atoms with Gasteiger partial charge in [0.05, 0.1) is 19.4 Å². The van der Waals surface area contributed by atoms with Gasteiger partial charge in [-0.2, -0.15) is 4.98 Å². The normalized spacial score (nSPS) is 10.3. The molecule has 122 valence electrons. The first-order valence-corrected chi connectivity index (χ1v) is 7.56. The van der Waals surface area contributed by atoms with Crippen molar-refractivity contribution >= 4 is 11.6 Å². The number of nitrogens with zero attached hydrogens (tertiary/aromatic N) is 2. The van der Waals surface area contributed by atoms with Crippen LogP contribution in [0.1, 0.15) is 35.3 Å². The topological polar surface area (TPSA) is 73.3 Å². The van der Waals surface area contributed by atoms with Crippen molar-refractivity contribution in [1.29, 1.82) is 0 Å². The van der Waals surface area contributed by atoms with Gasteiger partial charge in [-0.3, -0.25) is 4.79 Å². The lowest BCUT2D eigenvalue weighted by molar-refractivity contribution is 0.102. The third kappa shape index (κ3) is 4.18. The number of anilines is 1. The minimum absolute atomic E-state index is 0.223. The van der Waals surface area contributed by atoms with Gasteiger partial charge in [0.2, 0.25) is 5.88 Å². The van der Waals surface area contributed by atoms with Gasteiger partial charge in [-0.1, -0.05) is 17.7 Å². The molecule has 0 aliphatic rings. The van der Waals surface area contributed by atoms with Gasteiger partial charge in [0.25, 0.3) is 5.91 Å². The molecule has 1 amide bonds. The van der Waals surface area contributed by atoms with Crippen LogP contribution in [0.4, 0.5) is 5.69 Å². The van der Waals surface area contributed by atoms with Crippen molar-refractivity contribution in [2.75, 3.05) is 18.5 Å². The van der Waals surface area contributed by atoms with Gasteiger partial charge < -0.3 is 14.8 Å². The van der Waals surface area contributed by atoms with Gasteiger partial charge in [-0.05, 0) is 39.3 Å². The molecule has 0 fully saturated rings. The number of benzene rings is 1. The number of ether oxygens (including phenoxy) is 2. The van der Waals surface area contributed by atoms with Gasteiger partial charge in [-0.15, -0.1) is 0 Å². The van der Waals surface area contributed by atoms with Crippen LogP contribution in [0, 0.1) is 13.8 Å². The molecule has 1 heterocycles. The number of amides is 1. The average Bonchev–Trinajstić information content (AvgIpc) is 2.50. The number of rotatable bonds is 6. The Morgan fingerprint density at radius 2 is 1.91 bits per heavy atom. The molecule has 0 bridgehead atoms. The Kier molecular flexibility index (Phi) is 5.51. The summed E-state index contributed by atoms with van der Waals surface area (Å²) in [7, 11) is 0. The fourth-order valence-electron chi connectivity index (χ4n) is 2.14. The van der Waals surface area contributed by atoms with E-state index < -0.39 is 0 Å². The van der Waals surface area contributed by atoms with E-state index in [-0.39, 0.29) is 11.9 Å². The molecular weight excluding hydrogens is 294 g/mol. The minimum atomic E-state index is -0.226. The first kappa shape index (κ1) is 16.7. The molecule has 0 atom stereocenters. The van der Waals surface area contributed by atoms with Crippen molar-refractivity contribution in [3.05, 3.63) is 41.1 Å². The molecule has 1 aromatic carbocycles. The molecule has 0 unspecified atom stereocenters. The zero-order chi connectivity index (χ0) is 16.8. The molecule has 0 saturated heterocycles. The van der Waals surface area contributed by atoms with Crippen molar-refractivity contribution in [3.63, 3.8) is 0 Å². The molecule has 6 nitrogen and oxygen atoms in total. The molecule has 0 spiro atoms. The van der Waals surface area contributed by atoms with E-state index >= 15 is 0 Å². The zero-order valence-electron chi connectivity index (χ0n) is 13.8. The highest BCUT2D eigenvalue weighted by molar-refractivity contribution is 6.05. The summed E-state index contributed by atoms with van der Waals surface area (Å²) in [6, 6.07) is 5.89. The van der Waals surface area contributed by atoms with Crippen LogP contribution in [-0.4, -0.2) is 29.1 Å². The summed E-state index contributed by atoms with van der Waals surface area (Å²) in [5.41, 5.74) is 3.04. The van der Waals surface area contributed by atoms with E-state index in [9.17, 15) is 4.79 Å².